The molecule has 2 heterocycles. The van der Waals surface area contributed by atoms with Crippen molar-refractivity contribution in [3.05, 3.63) is 28.6 Å². The van der Waals surface area contributed by atoms with Crippen molar-refractivity contribution in [3.63, 3.8) is 0 Å². The SMILES string of the molecule is Cc1ccnc(-n2cnc(N)n2)c1Br. The van der Waals surface area contributed by atoms with Gasteiger partial charge in [0.05, 0.1) is 4.47 Å². The van der Waals surface area contributed by atoms with Gasteiger partial charge in [0.25, 0.3) is 0 Å². The minimum absolute atomic E-state index is 0.236. The molecule has 0 radical (unpaired) electrons. The maximum atomic E-state index is 5.42. The summed E-state index contributed by atoms with van der Waals surface area (Å²) >= 11 is 3.43. The Morgan fingerprint density at radius 2 is 2.21 bits per heavy atom. The van der Waals surface area contributed by atoms with E-state index in [1.807, 2.05) is 13.0 Å². The highest BCUT2D eigenvalue weighted by atomic mass is 79.9. The molecule has 0 bridgehead atoms. The fourth-order valence-electron chi connectivity index (χ4n) is 1.06. The van der Waals surface area contributed by atoms with Crippen LogP contribution in [0.15, 0.2) is 23.1 Å². The number of anilines is 1. The van der Waals surface area contributed by atoms with Gasteiger partial charge in [0.15, 0.2) is 5.82 Å². The van der Waals surface area contributed by atoms with Crippen LogP contribution in [0.4, 0.5) is 5.95 Å². The zero-order valence-corrected chi connectivity index (χ0v) is 9.06. The topological polar surface area (TPSA) is 69.6 Å². The summed E-state index contributed by atoms with van der Waals surface area (Å²) in [4.78, 5) is 8.01. The first-order valence-electron chi connectivity index (χ1n) is 3.97. The van der Waals surface area contributed by atoms with E-state index in [0.29, 0.717) is 5.82 Å². The van der Waals surface area contributed by atoms with Crippen LogP contribution in [0.3, 0.4) is 0 Å². The number of rotatable bonds is 1. The van der Waals surface area contributed by atoms with Crippen molar-refractivity contribution < 1.29 is 0 Å². The standard InChI is InChI=1S/C8H8BrN5/c1-5-2-3-11-7(6(5)9)14-4-12-8(10)13-14/h2-4H,1H3,(H2,10,13). The van der Waals surface area contributed by atoms with Crippen LogP contribution in [0.1, 0.15) is 5.56 Å². The molecule has 2 aromatic rings. The molecule has 0 saturated carbocycles. The van der Waals surface area contributed by atoms with Crippen LogP contribution in [0.2, 0.25) is 0 Å². The average Bonchev–Trinajstić information content (AvgIpc) is 2.57. The zero-order chi connectivity index (χ0) is 10.1. The fraction of sp³-hybridized carbons (Fsp3) is 0.125. The molecular formula is C8H8BrN5. The van der Waals surface area contributed by atoms with E-state index < -0.39 is 0 Å². The molecule has 2 aromatic heterocycles. The Kier molecular flexibility index (Phi) is 2.20. The lowest BCUT2D eigenvalue weighted by molar-refractivity contribution is 0.841. The van der Waals surface area contributed by atoms with Crippen LogP contribution >= 0.6 is 15.9 Å². The van der Waals surface area contributed by atoms with Crippen LogP contribution in [0.5, 0.6) is 0 Å². The Labute approximate surface area is 89.1 Å². The van der Waals surface area contributed by atoms with Gasteiger partial charge in [0, 0.05) is 6.20 Å². The van der Waals surface area contributed by atoms with Gasteiger partial charge < -0.3 is 5.73 Å². The van der Waals surface area contributed by atoms with Crippen molar-refractivity contribution in [2.75, 3.05) is 5.73 Å². The molecule has 0 unspecified atom stereocenters. The van der Waals surface area contributed by atoms with Gasteiger partial charge in [-0.1, -0.05) is 0 Å². The number of hydrogen-bond acceptors (Lipinski definition) is 4. The summed E-state index contributed by atoms with van der Waals surface area (Å²) in [5.74, 6) is 0.925. The summed E-state index contributed by atoms with van der Waals surface area (Å²) in [6.07, 6.45) is 3.25. The van der Waals surface area contributed by atoms with Crippen LogP contribution in [-0.2, 0) is 0 Å². The van der Waals surface area contributed by atoms with Gasteiger partial charge in [-0.25, -0.2) is 9.97 Å². The maximum absolute atomic E-state index is 5.42. The summed E-state index contributed by atoms with van der Waals surface area (Å²) in [5, 5.41) is 3.97. The molecule has 6 heteroatoms. The molecular weight excluding hydrogens is 246 g/mol. The lowest BCUT2D eigenvalue weighted by Gasteiger charge is -2.03. The molecule has 0 aliphatic rings. The summed E-state index contributed by atoms with van der Waals surface area (Å²) < 4.78 is 2.43. The molecule has 0 fully saturated rings. The first kappa shape index (κ1) is 9.14. The van der Waals surface area contributed by atoms with Crippen molar-refractivity contribution in [2.24, 2.45) is 0 Å². The maximum Gasteiger partial charge on any atom is 0.239 e. The second-order valence-electron chi connectivity index (χ2n) is 2.81. The van der Waals surface area contributed by atoms with E-state index in [0.717, 1.165) is 10.0 Å². The van der Waals surface area contributed by atoms with E-state index in [4.69, 9.17) is 5.73 Å². The van der Waals surface area contributed by atoms with Crippen molar-refractivity contribution in [2.45, 2.75) is 6.92 Å². The van der Waals surface area contributed by atoms with E-state index >= 15 is 0 Å². The molecule has 0 aliphatic heterocycles. The number of halogens is 1. The zero-order valence-electron chi connectivity index (χ0n) is 7.48. The van der Waals surface area contributed by atoms with Gasteiger partial charge in [0.2, 0.25) is 5.95 Å². The van der Waals surface area contributed by atoms with Crippen molar-refractivity contribution >= 4 is 21.9 Å². The molecule has 0 saturated heterocycles. The van der Waals surface area contributed by atoms with Crippen LogP contribution in [0.25, 0.3) is 5.82 Å². The highest BCUT2D eigenvalue weighted by molar-refractivity contribution is 9.10. The van der Waals surface area contributed by atoms with Crippen LogP contribution in [-0.4, -0.2) is 19.7 Å². The third-order valence-electron chi connectivity index (χ3n) is 1.79. The van der Waals surface area contributed by atoms with Crippen molar-refractivity contribution in [3.8, 4) is 5.82 Å². The predicted octanol–water partition coefficient (Wildman–Crippen LogP) is 1.32. The van der Waals surface area contributed by atoms with Crippen LogP contribution in [0, 0.1) is 6.92 Å². The van der Waals surface area contributed by atoms with Crippen LogP contribution < -0.4 is 5.73 Å². The lowest BCUT2D eigenvalue weighted by atomic mass is 10.3. The van der Waals surface area contributed by atoms with Gasteiger partial charge >= 0.3 is 0 Å². The highest BCUT2D eigenvalue weighted by Crippen LogP contribution is 2.21. The molecule has 72 valence electrons. The first-order valence-corrected chi connectivity index (χ1v) is 4.76. The van der Waals surface area contributed by atoms with E-state index in [1.165, 1.54) is 11.0 Å². The van der Waals surface area contributed by atoms with Gasteiger partial charge in [-0.05, 0) is 34.5 Å². The summed E-state index contributed by atoms with van der Waals surface area (Å²) in [5.41, 5.74) is 6.51. The van der Waals surface area contributed by atoms with Gasteiger partial charge in [0.1, 0.15) is 6.33 Å². The van der Waals surface area contributed by atoms with E-state index in [-0.39, 0.29) is 5.95 Å². The number of aromatic nitrogens is 4. The third kappa shape index (κ3) is 1.48. The Hall–Kier alpha value is -1.43. The summed E-state index contributed by atoms with van der Waals surface area (Å²) in [6, 6.07) is 1.91. The molecule has 2 N–H and O–H groups in total. The Bertz CT molecular complexity index is 465. The van der Waals surface area contributed by atoms with E-state index in [2.05, 4.69) is 31.0 Å². The molecule has 2 rings (SSSR count). The monoisotopic (exact) mass is 253 g/mol. The molecule has 0 amide bonds. The Morgan fingerprint density at radius 3 is 2.86 bits per heavy atom. The smallest absolute Gasteiger partial charge is 0.239 e. The molecule has 0 aliphatic carbocycles. The summed E-state index contributed by atoms with van der Waals surface area (Å²) in [7, 11) is 0. The minimum Gasteiger partial charge on any atom is -0.366 e. The Balaban J connectivity index is 2.57. The largest absolute Gasteiger partial charge is 0.366 e. The van der Waals surface area contributed by atoms with Crippen molar-refractivity contribution in [1.29, 1.82) is 0 Å². The van der Waals surface area contributed by atoms with E-state index in [9.17, 15) is 0 Å². The quantitative estimate of drug-likeness (QED) is 0.833. The summed E-state index contributed by atoms with van der Waals surface area (Å²) in [6.45, 7) is 1.98. The van der Waals surface area contributed by atoms with E-state index in [1.54, 1.807) is 6.20 Å². The number of pyridine rings is 1. The predicted molar refractivity (Wildman–Crippen MR) is 56.0 cm³/mol. The van der Waals surface area contributed by atoms with Gasteiger partial charge in [-0.15, -0.1) is 5.10 Å². The second kappa shape index (κ2) is 3.38. The lowest BCUT2D eigenvalue weighted by Crippen LogP contribution is -2.01. The number of nitrogens with zero attached hydrogens (tertiary/aromatic N) is 4. The average molecular weight is 254 g/mol. The molecule has 14 heavy (non-hydrogen) atoms. The number of hydrogen-bond donors (Lipinski definition) is 1. The second-order valence-corrected chi connectivity index (χ2v) is 3.61. The number of nitrogen functional groups attached to an aromatic ring is 1. The first-order chi connectivity index (χ1) is 6.68. The normalized spacial score (nSPS) is 10.4. The molecule has 0 aromatic carbocycles. The van der Waals surface area contributed by atoms with Crippen molar-refractivity contribution in [1.82, 2.24) is 19.7 Å². The Morgan fingerprint density at radius 1 is 1.43 bits per heavy atom. The molecule has 0 spiro atoms. The van der Waals surface area contributed by atoms with Gasteiger partial charge in [-0.3, -0.25) is 0 Å². The highest BCUT2D eigenvalue weighted by Gasteiger charge is 2.07. The molecule has 0 atom stereocenters. The third-order valence-corrected chi connectivity index (χ3v) is 2.77. The number of nitrogens with two attached hydrogens (primary N) is 1. The van der Waals surface area contributed by atoms with Gasteiger partial charge in [-0.2, -0.15) is 4.68 Å². The molecule has 5 nitrogen and oxygen atoms in total. The number of aryl methyl sites for hydroxylation is 1. The fourth-order valence-corrected chi connectivity index (χ4v) is 1.48. The minimum atomic E-state index is 0.236.